The molecule has 4 heteroatoms. The fourth-order valence-corrected chi connectivity index (χ4v) is 1.75. The van der Waals surface area contributed by atoms with Crippen LogP contribution in [-0.4, -0.2) is 12.5 Å². The second kappa shape index (κ2) is 5.69. The van der Waals surface area contributed by atoms with Gasteiger partial charge in [-0.1, -0.05) is 23.4 Å². The summed E-state index contributed by atoms with van der Waals surface area (Å²) in [5.41, 5.74) is 0. The maximum Gasteiger partial charge on any atom is 0.216 e. The van der Waals surface area contributed by atoms with Crippen molar-refractivity contribution in [2.24, 2.45) is 0 Å². The largest absolute Gasteiger partial charge is 0.355 e. The minimum absolute atomic E-state index is 0.0223. The molecule has 0 fully saturated rings. The lowest BCUT2D eigenvalue weighted by Gasteiger charge is -1.94. The topological polar surface area (TPSA) is 29.1 Å². The Bertz CT molecular complexity index is 375. The van der Waals surface area contributed by atoms with Crippen molar-refractivity contribution >= 4 is 28.8 Å². The van der Waals surface area contributed by atoms with Crippen LogP contribution in [0.25, 0.3) is 0 Å². The van der Waals surface area contributed by atoms with Crippen LogP contribution in [0.3, 0.4) is 0 Å². The van der Waals surface area contributed by atoms with Crippen molar-refractivity contribution < 1.29 is 4.79 Å². The Morgan fingerprint density at radius 3 is 3.00 bits per heavy atom. The van der Waals surface area contributed by atoms with Crippen LogP contribution in [-0.2, 0) is 4.79 Å². The maximum atomic E-state index is 10.5. The van der Waals surface area contributed by atoms with Gasteiger partial charge in [0.05, 0.1) is 9.21 Å². The first-order valence-electron chi connectivity index (χ1n) is 4.17. The number of hydrogen-bond acceptors (Lipinski definition) is 2. The molecule has 1 heterocycles. The fourth-order valence-electron chi connectivity index (χ4n) is 0.832. The summed E-state index contributed by atoms with van der Waals surface area (Å²) in [6.07, 6.45) is 0.662. The molecular weight excluding hydrogens is 218 g/mol. The standard InChI is InChI=1S/C10H10ClNOS/c1-8(13)12-7-3-2-4-9-5-6-10(11)14-9/h5-6H,3,7H2,1H3,(H,12,13). The van der Waals surface area contributed by atoms with Crippen molar-refractivity contribution in [3.05, 3.63) is 21.3 Å². The molecule has 1 aromatic heterocycles. The summed E-state index contributed by atoms with van der Waals surface area (Å²) >= 11 is 7.19. The Labute approximate surface area is 92.3 Å². The van der Waals surface area contributed by atoms with E-state index in [2.05, 4.69) is 17.2 Å². The van der Waals surface area contributed by atoms with E-state index in [9.17, 15) is 4.79 Å². The first kappa shape index (κ1) is 11.1. The van der Waals surface area contributed by atoms with E-state index in [-0.39, 0.29) is 5.91 Å². The lowest BCUT2D eigenvalue weighted by Crippen LogP contribution is -2.20. The number of halogens is 1. The highest BCUT2D eigenvalue weighted by molar-refractivity contribution is 7.16. The highest BCUT2D eigenvalue weighted by atomic mass is 35.5. The minimum Gasteiger partial charge on any atom is -0.355 e. The van der Waals surface area contributed by atoms with Crippen LogP contribution in [0.5, 0.6) is 0 Å². The third-order valence-corrected chi connectivity index (χ3v) is 2.56. The Morgan fingerprint density at radius 1 is 1.64 bits per heavy atom. The van der Waals surface area contributed by atoms with E-state index < -0.39 is 0 Å². The van der Waals surface area contributed by atoms with Gasteiger partial charge >= 0.3 is 0 Å². The molecule has 0 atom stereocenters. The molecule has 2 nitrogen and oxygen atoms in total. The molecule has 0 saturated carbocycles. The predicted molar refractivity (Wildman–Crippen MR) is 59.5 cm³/mol. The van der Waals surface area contributed by atoms with Crippen molar-refractivity contribution in [1.82, 2.24) is 5.32 Å². The molecule has 74 valence electrons. The van der Waals surface area contributed by atoms with Crippen molar-refractivity contribution in [1.29, 1.82) is 0 Å². The molecule has 0 aromatic carbocycles. The number of carbonyl (C=O) groups is 1. The van der Waals surface area contributed by atoms with Crippen LogP contribution in [0.4, 0.5) is 0 Å². The molecule has 1 rings (SSSR count). The average Bonchev–Trinajstić information content (AvgIpc) is 2.50. The van der Waals surface area contributed by atoms with Gasteiger partial charge in [0.2, 0.25) is 5.91 Å². The van der Waals surface area contributed by atoms with E-state index in [1.54, 1.807) is 0 Å². The van der Waals surface area contributed by atoms with E-state index in [1.807, 2.05) is 12.1 Å². The van der Waals surface area contributed by atoms with E-state index in [0.717, 1.165) is 9.21 Å². The molecule has 0 bridgehead atoms. The second-order valence-electron chi connectivity index (χ2n) is 2.64. The van der Waals surface area contributed by atoms with Gasteiger partial charge in [0.15, 0.2) is 0 Å². The van der Waals surface area contributed by atoms with Gasteiger partial charge < -0.3 is 5.32 Å². The van der Waals surface area contributed by atoms with E-state index in [0.29, 0.717) is 13.0 Å². The molecule has 0 aliphatic heterocycles. The fraction of sp³-hybridized carbons (Fsp3) is 0.300. The lowest BCUT2D eigenvalue weighted by molar-refractivity contribution is -0.118. The van der Waals surface area contributed by atoms with Gasteiger partial charge in [-0.25, -0.2) is 0 Å². The Hall–Kier alpha value is -0.980. The van der Waals surface area contributed by atoms with Crippen LogP contribution in [0, 0.1) is 11.8 Å². The quantitative estimate of drug-likeness (QED) is 0.610. The third-order valence-electron chi connectivity index (χ3n) is 1.41. The predicted octanol–water partition coefficient (Wildman–Crippen LogP) is 2.28. The molecule has 1 amide bonds. The Kier molecular flexibility index (Phi) is 4.51. The van der Waals surface area contributed by atoms with Crippen molar-refractivity contribution in [2.75, 3.05) is 6.54 Å². The third kappa shape index (κ3) is 4.31. The molecular formula is C10H10ClNOS. The summed E-state index contributed by atoms with van der Waals surface area (Å²) in [5.74, 6) is 5.91. The minimum atomic E-state index is -0.0223. The zero-order chi connectivity index (χ0) is 10.4. The highest BCUT2D eigenvalue weighted by Crippen LogP contribution is 2.20. The normalized spacial score (nSPS) is 9.00. The van der Waals surface area contributed by atoms with Gasteiger partial charge in [-0.2, -0.15) is 0 Å². The number of thiophene rings is 1. The monoisotopic (exact) mass is 227 g/mol. The molecule has 0 aliphatic rings. The summed E-state index contributed by atoms with van der Waals surface area (Å²) in [6.45, 7) is 2.09. The van der Waals surface area contributed by atoms with Gasteiger partial charge in [-0.3, -0.25) is 4.79 Å². The highest BCUT2D eigenvalue weighted by Gasteiger charge is 1.92. The summed E-state index contributed by atoms with van der Waals surface area (Å²) < 4.78 is 0.746. The summed E-state index contributed by atoms with van der Waals surface area (Å²) in [5, 5.41) is 2.67. The summed E-state index contributed by atoms with van der Waals surface area (Å²) in [4.78, 5) is 11.5. The number of hydrogen-bond donors (Lipinski definition) is 1. The van der Waals surface area contributed by atoms with Crippen LogP contribution in [0.15, 0.2) is 12.1 Å². The van der Waals surface area contributed by atoms with E-state index in [1.165, 1.54) is 18.3 Å². The van der Waals surface area contributed by atoms with Crippen LogP contribution < -0.4 is 5.32 Å². The molecule has 0 unspecified atom stereocenters. The summed E-state index contributed by atoms with van der Waals surface area (Å²) in [6, 6.07) is 3.71. The van der Waals surface area contributed by atoms with E-state index >= 15 is 0 Å². The molecule has 0 radical (unpaired) electrons. The lowest BCUT2D eigenvalue weighted by atomic mass is 10.4. The van der Waals surface area contributed by atoms with Gasteiger partial charge in [-0.05, 0) is 12.1 Å². The smallest absolute Gasteiger partial charge is 0.216 e. The molecule has 0 aliphatic carbocycles. The average molecular weight is 228 g/mol. The SMILES string of the molecule is CC(=O)NCCC#Cc1ccc(Cl)s1. The number of nitrogens with one attached hydrogen (secondary N) is 1. The molecule has 14 heavy (non-hydrogen) atoms. The van der Waals surface area contributed by atoms with Crippen molar-refractivity contribution in [3.8, 4) is 11.8 Å². The van der Waals surface area contributed by atoms with Gasteiger partial charge in [0, 0.05) is 19.9 Å². The first-order chi connectivity index (χ1) is 6.68. The second-order valence-corrected chi connectivity index (χ2v) is 4.35. The Morgan fingerprint density at radius 2 is 2.43 bits per heavy atom. The van der Waals surface area contributed by atoms with E-state index in [4.69, 9.17) is 11.6 Å². The van der Waals surface area contributed by atoms with Crippen molar-refractivity contribution in [2.45, 2.75) is 13.3 Å². The number of amides is 1. The zero-order valence-corrected chi connectivity index (χ0v) is 9.34. The van der Waals surface area contributed by atoms with Gasteiger partial charge in [0.1, 0.15) is 0 Å². The zero-order valence-electron chi connectivity index (χ0n) is 7.76. The van der Waals surface area contributed by atoms with Gasteiger partial charge in [-0.15, -0.1) is 11.3 Å². The maximum absolute atomic E-state index is 10.5. The summed E-state index contributed by atoms with van der Waals surface area (Å²) in [7, 11) is 0. The number of carbonyl (C=O) groups excluding carboxylic acids is 1. The van der Waals surface area contributed by atoms with Crippen molar-refractivity contribution in [3.63, 3.8) is 0 Å². The van der Waals surface area contributed by atoms with Gasteiger partial charge in [0.25, 0.3) is 0 Å². The molecule has 0 saturated heterocycles. The first-order valence-corrected chi connectivity index (χ1v) is 5.36. The number of rotatable bonds is 2. The van der Waals surface area contributed by atoms with Crippen LogP contribution in [0.2, 0.25) is 4.34 Å². The molecule has 1 N–H and O–H groups in total. The molecule has 0 spiro atoms. The molecule has 1 aromatic rings. The van der Waals surface area contributed by atoms with Crippen LogP contribution >= 0.6 is 22.9 Å². The van der Waals surface area contributed by atoms with Crippen LogP contribution in [0.1, 0.15) is 18.2 Å². The Balaban J connectivity index is 2.30.